The fourth-order valence-corrected chi connectivity index (χ4v) is 2.79. The van der Waals surface area contributed by atoms with Crippen molar-refractivity contribution in [3.8, 4) is 0 Å². The number of nitrogens with two attached hydrogens (primary N) is 1. The van der Waals surface area contributed by atoms with Gasteiger partial charge in [0.2, 0.25) is 5.91 Å². The average Bonchev–Trinajstić information content (AvgIpc) is 2.48. The van der Waals surface area contributed by atoms with E-state index in [-0.39, 0.29) is 5.91 Å². The molecule has 0 radical (unpaired) electrons. The van der Waals surface area contributed by atoms with Crippen molar-refractivity contribution in [2.75, 3.05) is 13.2 Å². The fraction of sp³-hybridized carbons (Fsp3) is 0.562. The standard InChI is InChI=1S/C16H23BrN2O2/c17-13-3-1-12(2-4-13)11-16(20)19-9-10-21-15-7-5-14(18)6-8-15/h1-4,14-15H,5-11,18H2,(H,19,20). The molecular formula is C16H23BrN2O2. The van der Waals surface area contributed by atoms with Gasteiger partial charge in [0.25, 0.3) is 0 Å². The van der Waals surface area contributed by atoms with Gasteiger partial charge in [-0.25, -0.2) is 0 Å². The van der Waals surface area contributed by atoms with Crippen LogP contribution in [0, 0.1) is 0 Å². The lowest BCUT2D eigenvalue weighted by Gasteiger charge is -2.26. The summed E-state index contributed by atoms with van der Waals surface area (Å²) in [6, 6.07) is 8.13. The van der Waals surface area contributed by atoms with Crippen molar-refractivity contribution in [2.45, 2.75) is 44.2 Å². The zero-order chi connectivity index (χ0) is 15.1. The molecule has 2 rings (SSSR count). The number of nitrogens with one attached hydrogen (secondary N) is 1. The van der Waals surface area contributed by atoms with Gasteiger partial charge in [0.1, 0.15) is 0 Å². The number of carbonyl (C=O) groups excluding carboxylic acids is 1. The molecule has 1 aliphatic rings. The molecule has 1 aromatic carbocycles. The third kappa shape index (κ3) is 6.16. The number of halogens is 1. The van der Waals surface area contributed by atoms with Gasteiger partial charge in [0.15, 0.2) is 0 Å². The average molecular weight is 355 g/mol. The minimum absolute atomic E-state index is 0.0339. The van der Waals surface area contributed by atoms with E-state index in [0.717, 1.165) is 35.7 Å². The van der Waals surface area contributed by atoms with E-state index in [1.54, 1.807) is 0 Å². The zero-order valence-electron chi connectivity index (χ0n) is 12.2. The minimum Gasteiger partial charge on any atom is -0.376 e. The molecule has 1 fully saturated rings. The maximum atomic E-state index is 11.8. The van der Waals surface area contributed by atoms with E-state index >= 15 is 0 Å². The molecule has 1 aromatic rings. The van der Waals surface area contributed by atoms with Crippen LogP contribution < -0.4 is 11.1 Å². The Bertz CT molecular complexity index is 442. The van der Waals surface area contributed by atoms with Gasteiger partial charge in [-0.15, -0.1) is 0 Å². The van der Waals surface area contributed by atoms with Crippen molar-refractivity contribution in [3.63, 3.8) is 0 Å². The lowest BCUT2D eigenvalue weighted by Crippen LogP contribution is -2.33. The largest absolute Gasteiger partial charge is 0.376 e. The van der Waals surface area contributed by atoms with Gasteiger partial charge < -0.3 is 15.8 Å². The molecule has 0 saturated heterocycles. The van der Waals surface area contributed by atoms with Gasteiger partial charge in [-0.05, 0) is 43.4 Å². The molecule has 1 amide bonds. The van der Waals surface area contributed by atoms with E-state index in [2.05, 4.69) is 21.2 Å². The summed E-state index contributed by atoms with van der Waals surface area (Å²) in [5.74, 6) is 0.0339. The first-order valence-electron chi connectivity index (χ1n) is 7.52. The van der Waals surface area contributed by atoms with Crippen LogP contribution in [-0.2, 0) is 16.0 Å². The maximum Gasteiger partial charge on any atom is 0.224 e. The highest BCUT2D eigenvalue weighted by Gasteiger charge is 2.18. The second kappa shape index (κ2) is 8.51. The Kier molecular flexibility index (Phi) is 6.67. The second-order valence-electron chi connectivity index (χ2n) is 5.56. The van der Waals surface area contributed by atoms with Crippen LogP contribution in [-0.4, -0.2) is 31.2 Å². The smallest absolute Gasteiger partial charge is 0.224 e. The third-order valence-corrected chi connectivity index (χ3v) is 4.30. The van der Waals surface area contributed by atoms with E-state index in [1.807, 2.05) is 24.3 Å². The molecule has 4 nitrogen and oxygen atoms in total. The number of hydrogen-bond acceptors (Lipinski definition) is 3. The van der Waals surface area contributed by atoms with Gasteiger partial charge >= 0.3 is 0 Å². The summed E-state index contributed by atoms with van der Waals surface area (Å²) in [4.78, 5) is 11.8. The van der Waals surface area contributed by atoms with E-state index < -0.39 is 0 Å². The van der Waals surface area contributed by atoms with Crippen molar-refractivity contribution in [3.05, 3.63) is 34.3 Å². The molecule has 116 valence electrons. The van der Waals surface area contributed by atoms with Crippen molar-refractivity contribution in [2.24, 2.45) is 5.73 Å². The molecule has 0 bridgehead atoms. The van der Waals surface area contributed by atoms with E-state index in [1.165, 1.54) is 0 Å². The van der Waals surface area contributed by atoms with E-state index in [4.69, 9.17) is 10.5 Å². The first kappa shape index (κ1) is 16.5. The predicted octanol–water partition coefficient (Wildman–Crippen LogP) is 2.39. The number of ether oxygens (including phenoxy) is 1. The highest BCUT2D eigenvalue weighted by molar-refractivity contribution is 9.10. The van der Waals surface area contributed by atoms with Crippen molar-refractivity contribution < 1.29 is 9.53 Å². The van der Waals surface area contributed by atoms with E-state index in [0.29, 0.717) is 31.7 Å². The first-order valence-corrected chi connectivity index (χ1v) is 8.31. The predicted molar refractivity (Wildman–Crippen MR) is 87.0 cm³/mol. The quantitative estimate of drug-likeness (QED) is 0.771. The number of benzene rings is 1. The third-order valence-electron chi connectivity index (χ3n) is 3.77. The molecule has 5 heteroatoms. The molecule has 0 aliphatic heterocycles. The van der Waals surface area contributed by atoms with Crippen LogP contribution in [0.5, 0.6) is 0 Å². The summed E-state index contributed by atoms with van der Waals surface area (Å²) in [7, 11) is 0. The van der Waals surface area contributed by atoms with Gasteiger partial charge in [-0.1, -0.05) is 28.1 Å². The maximum absolute atomic E-state index is 11.8. The van der Waals surface area contributed by atoms with Crippen LogP contribution in [0.1, 0.15) is 31.2 Å². The molecule has 3 N–H and O–H groups in total. The molecular weight excluding hydrogens is 332 g/mol. The summed E-state index contributed by atoms with van der Waals surface area (Å²) in [5, 5.41) is 2.89. The van der Waals surface area contributed by atoms with Crippen molar-refractivity contribution in [1.29, 1.82) is 0 Å². The minimum atomic E-state index is 0.0339. The molecule has 0 heterocycles. The summed E-state index contributed by atoms with van der Waals surface area (Å²) in [6.07, 6.45) is 4.88. The number of amides is 1. The number of hydrogen-bond donors (Lipinski definition) is 2. The Labute approximate surface area is 134 Å². The van der Waals surface area contributed by atoms with Gasteiger partial charge in [0, 0.05) is 17.1 Å². The van der Waals surface area contributed by atoms with Crippen molar-refractivity contribution in [1.82, 2.24) is 5.32 Å². The van der Waals surface area contributed by atoms with E-state index in [9.17, 15) is 4.79 Å². The number of carbonyl (C=O) groups is 1. The summed E-state index contributed by atoms with van der Waals surface area (Å²) in [5.41, 5.74) is 6.87. The Balaban J connectivity index is 1.58. The monoisotopic (exact) mass is 354 g/mol. The molecule has 1 aliphatic carbocycles. The normalized spacial score (nSPS) is 22.0. The summed E-state index contributed by atoms with van der Waals surface area (Å²) in [6.45, 7) is 1.14. The summed E-state index contributed by atoms with van der Waals surface area (Å²) >= 11 is 3.38. The van der Waals surface area contributed by atoms with Crippen LogP contribution in [0.25, 0.3) is 0 Å². The van der Waals surface area contributed by atoms with Gasteiger partial charge in [-0.3, -0.25) is 4.79 Å². The van der Waals surface area contributed by atoms with Crippen molar-refractivity contribution >= 4 is 21.8 Å². The van der Waals surface area contributed by atoms with Crippen LogP contribution in [0.15, 0.2) is 28.7 Å². The Hall–Kier alpha value is -0.910. The van der Waals surface area contributed by atoms with Crippen LogP contribution >= 0.6 is 15.9 Å². The second-order valence-corrected chi connectivity index (χ2v) is 6.48. The molecule has 21 heavy (non-hydrogen) atoms. The SMILES string of the molecule is NC1CCC(OCCNC(=O)Cc2ccc(Br)cc2)CC1. The zero-order valence-corrected chi connectivity index (χ0v) is 13.8. The van der Waals surface area contributed by atoms with Gasteiger partial charge in [0.05, 0.1) is 19.1 Å². The molecule has 0 aromatic heterocycles. The molecule has 0 atom stereocenters. The summed E-state index contributed by atoms with van der Waals surface area (Å²) < 4.78 is 6.79. The van der Waals surface area contributed by atoms with Crippen LogP contribution in [0.3, 0.4) is 0 Å². The van der Waals surface area contributed by atoms with Gasteiger partial charge in [-0.2, -0.15) is 0 Å². The molecule has 1 saturated carbocycles. The topological polar surface area (TPSA) is 64.3 Å². The fourth-order valence-electron chi connectivity index (χ4n) is 2.52. The highest BCUT2D eigenvalue weighted by Crippen LogP contribution is 2.19. The Morgan fingerprint density at radius 1 is 1.24 bits per heavy atom. The highest BCUT2D eigenvalue weighted by atomic mass is 79.9. The van der Waals surface area contributed by atoms with Crippen LogP contribution in [0.2, 0.25) is 0 Å². The number of rotatable bonds is 6. The lowest BCUT2D eigenvalue weighted by atomic mass is 9.94. The lowest BCUT2D eigenvalue weighted by molar-refractivity contribution is -0.120. The molecule has 0 spiro atoms. The Morgan fingerprint density at radius 2 is 1.90 bits per heavy atom. The van der Waals surface area contributed by atoms with Crippen LogP contribution in [0.4, 0.5) is 0 Å². The first-order chi connectivity index (χ1) is 10.1. The molecule has 0 unspecified atom stereocenters. The Morgan fingerprint density at radius 3 is 2.57 bits per heavy atom.